The summed E-state index contributed by atoms with van der Waals surface area (Å²) in [6.45, 7) is 1.65. The van der Waals surface area contributed by atoms with Gasteiger partial charge in [0.25, 0.3) is 5.91 Å². The summed E-state index contributed by atoms with van der Waals surface area (Å²) in [5.41, 5.74) is -0.838. The van der Waals surface area contributed by atoms with Crippen LogP contribution in [0.3, 0.4) is 0 Å². The number of amides is 1. The molecule has 0 radical (unpaired) electrons. The third-order valence-corrected chi connectivity index (χ3v) is 4.26. The Kier molecular flexibility index (Phi) is 5.87. The predicted octanol–water partition coefficient (Wildman–Crippen LogP) is 4.01. The Balaban J connectivity index is 2.03. The number of carbonyl (C=O) groups excluding carboxylic acids is 1. The van der Waals surface area contributed by atoms with Crippen molar-refractivity contribution in [2.75, 3.05) is 6.54 Å². The second-order valence-electron chi connectivity index (χ2n) is 6.53. The molecular weight excluding hydrogens is 400 g/mol. The molecule has 0 bridgehead atoms. The fourth-order valence-corrected chi connectivity index (χ4v) is 2.84. The zero-order chi connectivity index (χ0) is 21.9. The number of aromatic nitrogens is 3. The minimum absolute atomic E-state index is 0.00651. The van der Waals surface area contributed by atoms with Gasteiger partial charge in [0.15, 0.2) is 11.4 Å². The van der Waals surface area contributed by atoms with E-state index in [0.29, 0.717) is 10.2 Å². The predicted molar refractivity (Wildman–Crippen MR) is 101 cm³/mol. The summed E-state index contributed by atoms with van der Waals surface area (Å²) < 4.78 is 55.3. The Morgan fingerprint density at radius 1 is 1.20 bits per heavy atom. The molecule has 3 aromatic rings. The molecule has 1 heterocycles. The first-order valence-corrected chi connectivity index (χ1v) is 8.78. The van der Waals surface area contributed by atoms with E-state index in [9.17, 15) is 22.4 Å². The Morgan fingerprint density at radius 2 is 1.90 bits per heavy atom. The van der Waals surface area contributed by atoms with Crippen LogP contribution in [0.4, 0.5) is 17.6 Å². The van der Waals surface area contributed by atoms with Gasteiger partial charge in [0.2, 0.25) is 0 Å². The van der Waals surface area contributed by atoms with Crippen LogP contribution in [0.1, 0.15) is 27.3 Å². The molecule has 3 rings (SSSR count). The zero-order valence-corrected chi connectivity index (χ0v) is 15.8. The summed E-state index contributed by atoms with van der Waals surface area (Å²) in [6.07, 6.45) is 0.345. The highest BCUT2D eigenvalue weighted by molar-refractivity contribution is 5.93. The number of rotatable bonds is 5. The number of carbonyl (C=O) groups is 1. The van der Waals surface area contributed by atoms with E-state index in [0.717, 1.165) is 22.6 Å². The maximum absolute atomic E-state index is 13.8. The lowest BCUT2D eigenvalue weighted by Crippen LogP contribution is -2.33. The lowest BCUT2D eigenvalue weighted by molar-refractivity contribution is -0.143. The second-order valence-corrected chi connectivity index (χ2v) is 6.53. The van der Waals surface area contributed by atoms with Crippen LogP contribution in [-0.4, -0.2) is 32.3 Å². The van der Waals surface area contributed by atoms with Crippen molar-refractivity contribution in [2.24, 2.45) is 0 Å². The van der Waals surface area contributed by atoms with Gasteiger partial charge >= 0.3 is 6.18 Å². The first-order valence-electron chi connectivity index (χ1n) is 8.78. The van der Waals surface area contributed by atoms with Gasteiger partial charge in [-0.2, -0.15) is 13.2 Å². The van der Waals surface area contributed by atoms with Crippen LogP contribution in [0.25, 0.3) is 5.69 Å². The van der Waals surface area contributed by atoms with Crippen molar-refractivity contribution < 1.29 is 22.4 Å². The van der Waals surface area contributed by atoms with Crippen molar-refractivity contribution in [3.05, 3.63) is 76.9 Å². The molecule has 0 atom stereocenters. The third-order valence-electron chi connectivity index (χ3n) is 4.26. The molecule has 0 spiro atoms. The highest BCUT2D eigenvalue weighted by Gasteiger charge is 2.43. The molecule has 0 aliphatic rings. The van der Waals surface area contributed by atoms with Crippen molar-refractivity contribution in [1.29, 1.82) is 0 Å². The molecule has 30 heavy (non-hydrogen) atoms. The van der Waals surface area contributed by atoms with Crippen LogP contribution >= 0.6 is 0 Å². The highest BCUT2D eigenvalue weighted by atomic mass is 19.4. The van der Waals surface area contributed by atoms with E-state index < -0.39 is 29.3 Å². The number of halogens is 4. The van der Waals surface area contributed by atoms with Gasteiger partial charge in [-0.1, -0.05) is 47.0 Å². The minimum Gasteiger partial charge on any atom is -0.322 e. The molecule has 0 aliphatic heterocycles. The van der Waals surface area contributed by atoms with Crippen LogP contribution in [0.5, 0.6) is 0 Å². The van der Waals surface area contributed by atoms with Crippen LogP contribution in [0.2, 0.25) is 0 Å². The Bertz CT molecular complexity index is 1100. The number of nitrogens with zero attached hydrogens (tertiary/aromatic N) is 4. The fraction of sp³-hybridized carbons (Fsp3) is 0.190. The Hall–Kier alpha value is -3.67. The first kappa shape index (κ1) is 21.0. The molecule has 0 unspecified atom stereocenters. The van der Waals surface area contributed by atoms with Gasteiger partial charge in [-0.25, -0.2) is 9.07 Å². The van der Waals surface area contributed by atoms with Gasteiger partial charge in [0, 0.05) is 6.54 Å². The normalized spacial score (nSPS) is 11.2. The number of alkyl halides is 3. The smallest absolute Gasteiger partial charge is 0.322 e. The number of terminal acetylenes is 1. The monoisotopic (exact) mass is 416 g/mol. The third kappa shape index (κ3) is 4.49. The van der Waals surface area contributed by atoms with Crippen molar-refractivity contribution in [2.45, 2.75) is 19.6 Å². The Labute approximate surface area is 169 Å². The SMILES string of the molecule is C#CCN(Cc1ccc(C)cc1)C(=O)c1nnn(-c2cccc(F)c2)c1C(F)(F)F. The minimum atomic E-state index is -4.97. The van der Waals surface area contributed by atoms with Gasteiger partial charge in [0.1, 0.15) is 5.82 Å². The molecule has 1 aromatic heterocycles. The molecule has 0 aliphatic carbocycles. The molecule has 154 valence electrons. The molecule has 2 aromatic carbocycles. The summed E-state index contributed by atoms with van der Waals surface area (Å²) in [4.78, 5) is 14.0. The second kappa shape index (κ2) is 8.37. The van der Waals surface area contributed by atoms with Crippen LogP contribution in [0, 0.1) is 25.1 Å². The molecule has 1 amide bonds. The molecule has 0 saturated carbocycles. The van der Waals surface area contributed by atoms with E-state index in [1.165, 1.54) is 12.1 Å². The first-order chi connectivity index (χ1) is 14.2. The summed E-state index contributed by atoms with van der Waals surface area (Å²) in [5, 5.41) is 6.92. The number of hydrogen-bond donors (Lipinski definition) is 0. The summed E-state index contributed by atoms with van der Waals surface area (Å²) in [5.74, 6) is 0.497. The van der Waals surface area contributed by atoms with E-state index >= 15 is 0 Å². The van der Waals surface area contributed by atoms with Gasteiger partial charge in [0.05, 0.1) is 12.2 Å². The molecule has 0 saturated heterocycles. The molecular formula is C21H16F4N4O. The van der Waals surface area contributed by atoms with Gasteiger partial charge in [-0.15, -0.1) is 11.5 Å². The van der Waals surface area contributed by atoms with Crippen LogP contribution in [0.15, 0.2) is 48.5 Å². The lowest BCUT2D eigenvalue weighted by atomic mass is 10.1. The largest absolute Gasteiger partial charge is 0.435 e. The summed E-state index contributed by atoms with van der Waals surface area (Å²) in [7, 11) is 0. The topological polar surface area (TPSA) is 51.0 Å². The van der Waals surface area contributed by atoms with Crippen LogP contribution < -0.4 is 0 Å². The van der Waals surface area contributed by atoms with E-state index in [2.05, 4.69) is 16.2 Å². The van der Waals surface area contributed by atoms with Gasteiger partial charge < -0.3 is 4.90 Å². The van der Waals surface area contributed by atoms with Crippen molar-refractivity contribution in [3.63, 3.8) is 0 Å². The molecule has 9 heteroatoms. The van der Waals surface area contributed by atoms with E-state index in [1.807, 2.05) is 19.1 Å². The molecule has 0 fully saturated rings. The van der Waals surface area contributed by atoms with Crippen molar-refractivity contribution in [3.8, 4) is 18.0 Å². The lowest BCUT2D eigenvalue weighted by Gasteiger charge is -2.20. The highest BCUT2D eigenvalue weighted by Crippen LogP contribution is 2.33. The average Bonchev–Trinajstić information content (AvgIpc) is 3.14. The summed E-state index contributed by atoms with van der Waals surface area (Å²) >= 11 is 0. The van der Waals surface area contributed by atoms with E-state index in [4.69, 9.17) is 6.42 Å². The maximum Gasteiger partial charge on any atom is 0.435 e. The zero-order valence-electron chi connectivity index (χ0n) is 15.8. The molecule has 5 nitrogen and oxygen atoms in total. The van der Waals surface area contributed by atoms with E-state index in [1.54, 1.807) is 12.1 Å². The van der Waals surface area contributed by atoms with Gasteiger partial charge in [-0.05, 0) is 30.7 Å². The quantitative estimate of drug-likeness (QED) is 0.467. The molecule has 0 N–H and O–H groups in total. The number of hydrogen-bond acceptors (Lipinski definition) is 3. The average molecular weight is 416 g/mol. The maximum atomic E-state index is 13.8. The van der Waals surface area contributed by atoms with Gasteiger partial charge in [-0.3, -0.25) is 4.79 Å². The number of benzene rings is 2. The standard InChI is InChI=1S/C21H16F4N4O/c1-3-11-28(13-15-9-7-14(2)8-10-15)20(30)18-19(21(23,24)25)29(27-26-18)17-6-4-5-16(22)12-17/h1,4-10,12H,11,13H2,2H3. The fourth-order valence-electron chi connectivity index (χ4n) is 2.84. The van der Waals surface area contributed by atoms with Crippen molar-refractivity contribution >= 4 is 5.91 Å². The summed E-state index contributed by atoms with van der Waals surface area (Å²) in [6, 6.07) is 11.5. The van der Waals surface area contributed by atoms with E-state index in [-0.39, 0.29) is 18.8 Å². The number of aryl methyl sites for hydroxylation is 1. The van der Waals surface area contributed by atoms with Crippen molar-refractivity contribution in [1.82, 2.24) is 19.9 Å². The van der Waals surface area contributed by atoms with Crippen LogP contribution in [-0.2, 0) is 12.7 Å². The Morgan fingerprint density at radius 3 is 2.50 bits per heavy atom.